The number of hydrogen-bond acceptors (Lipinski definition) is 0. The summed E-state index contributed by atoms with van der Waals surface area (Å²) in [5.41, 5.74) is 7.80. The SMILES string of the molecule is [Cr+6].[Cr+6].[Cr+6].[Cr+6].[NH3+]CCC[NH+]1CC[NH+](CCC[NH3+])CC1.[O-2].[O-2].[O-2].[O-2].[O-2].[O-2].[O-2].[O-2].[O-2].[O-2].[O-2].[O-2].[O-2].[O-2]. The van der Waals surface area contributed by atoms with Gasteiger partial charge in [0.25, 0.3) is 0 Å². The Morgan fingerprint density at radius 2 is 0.531 bits per heavy atom. The quantitative estimate of drug-likeness (QED) is 0.211. The van der Waals surface area contributed by atoms with Crippen molar-refractivity contribution in [3.8, 4) is 0 Å². The van der Waals surface area contributed by atoms with Crippen molar-refractivity contribution in [3.05, 3.63) is 0 Å². The molecule has 1 heterocycles. The first-order valence-electron chi connectivity index (χ1n) is 6.12. The van der Waals surface area contributed by atoms with Crippen LogP contribution < -0.4 is 21.3 Å². The molecular weight excluding hydrogens is 608 g/mol. The zero-order valence-corrected chi connectivity index (χ0v) is 21.9. The van der Waals surface area contributed by atoms with Crippen LogP contribution in [0.15, 0.2) is 0 Å². The summed E-state index contributed by atoms with van der Waals surface area (Å²) in [5.74, 6) is 0. The van der Waals surface area contributed by atoms with E-state index in [2.05, 4.69) is 11.5 Å². The molecule has 0 unspecified atom stereocenters. The Hall–Kier alpha value is 1.41. The fraction of sp³-hybridized carbons (Fsp3) is 1.00. The van der Waals surface area contributed by atoms with E-state index in [1.807, 2.05) is 0 Å². The van der Waals surface area contributed by atoms with Gasteiger partial charge in [-0.3, -0.25) is 0 Å². The van der Waals surface area contributed by atoms with Gasteiger partial charge in [0.1, 0.15) is 26.2 Å². The van der Waals surface area contributed by atoms with E-state index in [0.29, 0.717) is 0 Å². The predicted octanol–water partition coefficient (Wildman–Crippen LogP) is -6.64. The molecule has 196 valence electrons. The van der Waals surface area contributed by atoms with Gasteiger partial charge in [-0.2, -0.15) is 0 Å². The minimum Gasteiger partial charge on any atom is -2.00 e. The van der Waals surface area contributed by atoms with Crippen molar-refractivity contribution in [3.63, 3.8) is 0 Å². The van der Waals surface area contributed by atoms with Gasteiger partial charge >= 0.3 is 69.4 Å². The number of hydrogen-bond donors (Lipinski definition) is 4. The van der Waals surface area contributed by atoms with Gasteiger partial charge in [0.05, 0.1) is 26.2 Å². The minimum absolute atomic E-state index is 0. The average molecular weight is 636 g/mol. The fourth-order valence-corrected chi connectivity index (χ4v) is 2.21. The van der Waals surface area contributed by atoms with Crippen LogP contribution in [-0.4, -0.2) is 52.4 Å². The molecule has 1 saturated heterocycles. The van der Waals surface area contributed by atoms with E-state index in [-0.39, 0.29) is 146 Å². The van der Waals surface area contributed by atoms with E-state index in [9.17, 15) is 0 Å². The minimum atomic E-state index is 0. The van der Waals surface area contributed by atoms with E-state index in [0.717, 1.165) is 13.1 Å². The second kappa shape index (κ2) is 105. The van der Waals surface area contributed by atoms with Crippen LogP contribution in [0.1, 0.15) is 12.8 Å². The molecule has 1 fully saturated rings. The number of rotatable bonds is 6. The Morgan fingerprint density at radius 1 is 0.375 bits per heavy atom. The number of quaternary nitrogens is 4. The van der Waals surface area contributed by atoms with Crippen LogP contribution in [-0.2, 0) is 146 Å². The molecule has 1 rings (SSSR count). The number of nitrogens with one attached hydrogen (secondary N) is 2. The molecule has 0 aliphatic carbocycles. The van der Waals surface area contributed by atoms with Gasteiger partial charge in [-0.1, -0.05) is 0 Å². The molecule has 8 N–H and O–H groups in total. The monoisotopic (exact) mass is 636 g/mol. The maximum Gasteiger partial charge on any atom is 6.00 e. The summed E-state index contributed by atoms with van der Waals surface area (Å²) in [6.45, 7) is 10.3. The van der Waals surface area contributed by atoms with Crippen molar-refractivity contribution in [2.24, 2.45) is 0 Å². The second-order valence-corrected chi connectivity index (χ2v) is 4.41. The zero-order chi connectivity index (χ0) is 10.2. The molecule has 0 aromatic carbocycles. The van der Waals surface area contributed by atoms with Gasteiger partial charge in [-0.05, 0) is 0 Å². The van der Waals surface area contributed by atoms with Crippen LogP contribution in [0.3, 0.4) is 0 Å². The summed E-state index contributed by atoms with van der Waals surface area (Å²) in [5, 5.41) is 0. The van der Waals surface area contributed by atoms with Crippen molar-refractivity contribution >= 4 is 0 Å². The molecule has 0 radical (unpaired) electrons. The van der Waals surface area contributed by atoms with Crippen LogP contribution in [0.2, 0.25) is 0 Å². The maximum absolute atomic E-state index is 3.90. The maximum atomic E-state index is 3.90. The van der Waals surface area contributed by atoms with E-state index in [1.165, 1.54) is 52.1 Å². The fourth-order valence-electron chi connectivity index (χ4n) is 2.21. The van der Waals surface area contributed by atoms with Gasteiger partial charge < -0.3 is 97.9 Å². The first-order chi connectivity index (χ1) is 6.86. The Morgan fingerprint density at radius 3 is 0.656 bits per heavy atom. The molecule has 0 saturated carbocycles. The van der Waals surface area contributed by atoms with Crippen LogP contribution in [0.4, 0.5) is 0 Å². The molecule has 0 bridgehead atoms. The van der Waals surface area contributed by atoms with Crippen molar-refractivity contribution < 1.29 is 167 Å². The molecule has 32 heavy (non-hydrogen) atoms. The molecule has 1 aliphatic rings. The standard InChI is InChI=1S/C10H24N4.4Cr.14O/c11-3-1-5-13-7-9-14(10-8-13)6-2-4-12;;;;;;;;;;;;;;;;;;/h1-12H2;;;;;;;;;;;;;;;;;;/q;4*+6;14*-2/p+4. The summed E-state index contributed by atoms with van der Waals surface area (Å²) < 4.78 is 0. The van der Waals surface area contributed by atoms with Gasteiger partial charge in [-0.15, -0.1) is 0 Å². The Kier molecular flexibility index (Phi) is 487. The molecule has 0 amide bonds. The predicted molar refractivity (Wildman–Crippen MR) is 65.5 cm³/mol. The van der Waals surface area contributed by atoms with E-state index < -0.39 is 0 Å². The smallest absolute Gasteiger partial charge is 2.00 e. The third-order valence-corrected chi connectivity index (χ3v) is 3.22. The van der Waals surface area contributed by atoms with Crippen LogP contribution in [0.5, 0.6) is 0 Å². The Labute approximate surface area is 231 Å². The third-order valence-electron chi connectivity index (χ3n) is 3.22. The molecule has 1 aliphatic heterocycles. The van der Waals surface area contributed by atoms with E-state index in [1.54, 1.807) is 9.80 Å². The molecule has 0 aromatic heterocycles. The zero-order valence-electron chi connectivity index (χ0n) is 16.8. The van der Waals surface area contributed by atoms with Crippen LogP contribution >= 0.6 is 0 Å². The van der Waals surface area contributed by atoms with Crippen molar-refractivity contribution in [1.29, 1.82) is 0 Å². The van der Waals surface area contributed by atoms with Gasteiger partial charge in [-0.25, -0.2) is 0 Å². The normalized spacial score (nSPS) is 12.2. The molecule has 22 heteroatoms. The topological polar surface area (TPSA) is 463 Å². The molecular formula is C10H28Cr4N4O14. The van der Waals surface area contributed by atoms with Gasteiger partial charge in [0, 0.05) is 12.8 Å². The number of piperazine rings is 1. The Balaban J connectivity index is -0.00000000681. The van der Waals surface area contributed by atoms with Crippen molar-refractivity contribution in [2.45, 2.75) is 12.8 Å². The second-order valence-electron chi connectivity index (χ2n) is 4.41. The molecule has 0 aromatic rings. The summed E-state index contributed by atoms with van der Waals surface area (Å²) in [6, 6.07) is 0. The third kappa shape index (κ3) is 77.1. The molecule has 0 spiro atoms. The molecule has 18 nitrogen and oxygen atoms in total. The first-order valence-corrected chi connectivity index (χ1v) is 6.12. The summed E-state index contributed by atoms with van der Waals surface area (Å²) in [6.07, 6.45) is 2.59. The van der Waals surface area contributed by atoms with Crippen molar-refractivity contribution in [1.82, 2.24) is 0 Å². The van der Waals surface area contributed by atoms with Gasteiger partial charge in [0.2, 0.25) is 0 Å². The van der Waals surface area contributed by atoms with Crippen LogP contribution in [0.25, 0.3) is 0 Å². The van der Waals surface area contributed by atoms with E-state index in [4.69, 9.17) is 0 Å². The molecule has 0 atom stereocenters. The van der Waals surface area contributed by atoms with Gasteiger partial charge in [0.15, 0.2) is 0 Å². The average Bonchev–Trinajstić information content (AvgIpc) is 2.25. The summed E-state index contributed by atoms with van der Waals surface area (Å²) >= 11 is 0. The summed E-state index contributed by atoms with van der Waals surface area (Å²) in [7, 11) is 0. The van der Waals surface area contributed by atoms with E-state index >= 15 is 0 Å². The largest absolute Gasteiger partial charge is 6.00 e. The summed E-state index contributed by atoms with van der Waals surface area (Å²) in [4.78, 5) is 3.60. The van der Waals surface area contributed by atoms with Crippen molar-refractivity contribution in [2.75, 3.05) is 52.4 Å². The first kappa shape index (κ1) is 148. The Bertz CT molecular complexity index is 161. The van der Waals surface area contributed by atoms with Crippen LogP contribution in [0, 0.1) is 0 Å².